The van der Waals surface area contributed by atoms with E-state index in [0.717, 1.165) is 0 Å². The predicted molar refractivity (Wildman–Crippen MR) is 56.9 cm³/mol. The normalized spacial score (nSPS) is 9.38. The molecule has 0 fully saturated rings. The maximum atomic E-state index is 11.3. The Labute approximate surface area is 93.4 Å². The fraction of sp³-hybridized carbons (Fsp3) is 0.273. The Morgan fingerprint density at radius 3 is 2.62 bits per heavy atom. The van der Waals surface area contributed by atoms with E-state index in [4.69, 9.17) is 15.7 Å². The van der Waals surface area contributed by atoms with Gasteiger partial charge in [-0.05, 0) is 12.1 Å². The smallest absolute Gasteiger partial charge is 0.337 e. The highest BCUT2D eigenvalue weighted by molar-refractivity contribution is 5.90. The van der Waals surface area contributed by atoms with Crippen molar-refractivity contribution in [3.05, 3.63) is 28.8 Å². The number of rotatable bonds is 3. The molecule has 84 valence electrons. The lowest BCUT2D eigenvalue weighted by molar-refractivity contribution is 0.0600. The van der Waals surface area contributed by atoms with Gasteiger partial charge in [-0.15, -0.1) is 0 Å². The maximum absolute atomic E-state index is 11.3. The Morgan fingerprint density at radius 2 is 2.19 bits per heavy atom. The third kappa shape index (κ3) is 2.12. The van der Waals surface area contributed by atoms with Crippen LogP contribution >= 0.6 is 0 Å². The molecule has 1 aromatic carbocycles. The van der Waals surface area contributed by atoms with Gasteiger partial charge in [-0.3, -0.25) is 0 Å². The predicted octanol–water partition coefficient (Wildman–Crippen LogP) is 0.812. The van der Waals surface area contributed by atoms with Gasteiger partial charge in [-0.1, -0.05) is 0 Å². The summed E-state index contributed by atoms with van der Waals surface area (Å²) < 4.78 is 9.65. The summed E-state index contributed by atoms with van der Waals surface area (Å²) in [5, 5.41) is 8.93. The summed E-state index contributed by atoms with van der Waals surface area (Å²) in [5.41, 5.74) is 6.68. The van der Waals surface area contributed by atoms with Crippen LogP contribution in [-0.2, 0) is 11.3 Å². The van der Waals surface area contributed by atoms with E-state index < -0.39 is 5.97 Å². The van der Waals surface area contributed by atoms with Gasteiger partial charge in [0.25, 0.3) is 0 Å². The van der Waals surface area contributed by atoms with Crippen molar-refractivity contribution in [2.45, 2.75) is 6.54 Å². The molecule has 1 rings (SSSR count). The number of carbonyl (C=O) groups is 1. The molecule has 0 aliphatic heterocycles. The first-order valence-electron chi connectivity index (χ1n) is 4.57. The van der Waals surface area contributed by atoms with Gasteiger partial charge in [0.15, 0.2) is 0 Å². The first-order chi connectivity index (χ1) is 7.67. The number of methoxy groups -OCH3 is 2. The molecule has 0 unspecified atom stereocenters. The number of nitrogens with zero attached hydrogens (tertiary/aromatic N) is 1. The summed E-state index contributed by atoms with van der Waals surface area (Å²) in [6, 6.07) is 4.93. The summed E-state index contributed by atoms with van der Waals surface area (Å²) in [5.74, 6) is -0.105. The molecular weight excluding hydrogens is 208 g/mol. The zero-order chi connectivity index (χ0) is 12.1. The van der Waals surface area contributed by atoms with Crippen LogP contribution in [0.15, 0.2) is 12.1 Å². The monoisotopic (exact) mass is 220 g/mol. The Bertz CT molecular complexity index is 449. The molecule has 0 radical (unpaired) electrons. The van der Waals surface area contributed by atoms with E-state index in [1.54, 1.807) is 6.07 Å². The van der Waals surface area contributed by atoms with Crippen LogP contribution in [0.1, 0.15) is 21.5 Å². The molecule has 0 aliphatic rings. The Kier molecular flexibility index (Phi) is 3.86. The van der Waals surface area contributed by atoms with E-state index in [2.05, 4.69) is 4.74 Å². The molecule has 0 saturated heterocycles. The Hall–Kier alpha value is -2.06. The average Bonchev–Trinajstić information content (AvgIpc) is 2.35. The number of hydrogen-bond donors (Lipinski definition) is 1. The molecule has 16 heavy (non-hydrogen) atoms. The maximum Gasteiger partial charge on any atom is 0.337 e. The van der Waals surface area contributed by atoms with Crippen molar-refractivity contribution in [3.63, 3.8) is 0 Å². The molecule has 5 heteroatoms. The molecule has 5 nitrogen and oxygen atoms in total. The molecular formula is C11H12N2O3. The van der Waals surface area contributed by atoms with Crippen LogP contribution in [0, 0.1) is 11.3 Å². The number of hydrogen-bond acceptors (Lipinski definition) is 5. The van der Waals surface area contributed by atoms with E-state index in [1.165, 1.54) is 20.3 Å². The molecule has 2 N–H and O–H groups in total. The van der Waals surface area contributed by atoms with Crippen molar-refractivity contribution in [2.24, 2.45) is 5.73 Å². The quantitative estimate of drug-likeness (QED) is 0.762. The average molecular weight is 220 g/mol. The van der Waals surface area contributed by atoms with Crippen molar-refractivity contribution < 1.29 is 14.3 Å². The highest BCUT2D eigenvalue weighted by Crippen LogP contribution is 2.25. The third-order valence-corrected chi connectivity index (χ3v) is 2.13. The number of esters is 1. The number of benzene rings is 1. The van der Waals surface area contributed by atoms with Gasteiger partial charge in [-0.25, -0.2) is 4.79 Å². The fourth-order valence-corrected chi connectivity index (χ4v) is 1.40. The zero-order valence-corrected chi connectivity index (χ0v) is 9.11. The van der Waals surface area contributed by atoms with Gasteiger partial charge in [0, 0.05) is 12.1 Å². The molecule has 0 saturated carbocycles. The van der Waals surface area contributed by atoms with E-state index in [9.17, 15) is 4.79 Å². The molecule has 0 bridgehead atoms. The van der Waals surface area contributed by atoms with Crippen molar-refractivity contribution in [3.8, 4) is 11.8 Å². The van der Waals surface area contributed by atoms with E-state index in [-0.39, 0.29) is 12.1 Å². The molecule has 0 aromatic heterocycles. The lowest BCUT2D eigenvalue weighted by atomic mass is 10.0. The fourth-order valence-electron chi connectivity index (χ4n) is 1.40. The van der Waals surface area contributed by atoms with Crippen molar-refractivity contribution >= 4 is 5.97 Å². The van der Waals surface area contributed by atoms with Gasteiger partial charge in [-0.2, -0.15) is 5.26 Å². The van der Waals surface area contributed by atoms with Gasteiger partial charge in [0.2, 0.25) is 0 Å². The van der Waals surface area contributed by atoms with Crippen LogP contribution < -0.4 is 10.5 Å². The minimum Gasteiger partial charge on any atom is -0.495 e. The van der Waals surface area contributed by atoms with Gasteiger partial charge >= 0.3 is 5.97 Å². The number of ether oxygens (including phenoxy) is 2. The van der Waals surface area contributed by atoms with Gasteiger partial charge in [0.05, 0.1) is 25.3 Å². The minimum atomic E-state index is -0.506. The van der Waals surface area contributed by atoms with Crippen molar-refractivity contribution in [1.82, 2.24) is 0 Å². The molecule has 0 heterocycles. The lowest BCUT2D eigenvalue weighted by Gasteiger charge is -2.10. The topological polar surface area (TPSA) is 85.3 Å². The number of nitrogens with two attached hydrogens (primary N) is 1. The van der Waals surface area contributed by atoms with Crippen LogP contribution in [0.25, 0.3) is 0 Å². The molecule has 0 aliphatic carbocycles. The van der Waals surface area contributed by atoms with Gasteiger partial charge < -0.3 is 15.2 Å². The van der Waals surface area contributed by atoms with Crippen LogP contribution in [0.2, 0.25) is 0 Å². The summed E-state index contributed by atoms with van der Waals surface area (Å²) in [4.78, 5) is 11.3. The second kappa shape index (κ2) is 5.14. The van der Waals surface area contributed by atoms with Crippen LogP contribution in [0.5, 0.6) is 5.75 Å². The van der Waals surface area contributed by atoms with E-state index in [0.29, 0.717) is 16.9 Å². The molecule has 0 atom stereocenters. The number of nitriles is 1. The van der Waals surface area contributed by atoms with Crippen LogP contribution in [-0.4, -0.2) is 20.2 Å². The minimum absolute atomic E-state index is 0.183. The summed E-state index contributed by atoms with van der Waals surface area (Å²) in [7, 11) is 2.73. The first kappa shape index (κ1) is 12.0. The van der Waals surface area contributed by atoms with Crippen LogP contribution in [0.3, 0.4) is 0 Å². The molecule has 0 amide bonds. The zero-order valence-electron chi connectivity index (χ0n) is 9.11. The SMILES string of the molecule is COC(=O)c1cc(C#N)c(OC)c(CN)c1. The van der Waals surface area contributed by atoms with Gasteiger partial charge in [0.1, 0.15) is 11.8 Å². The van der Waals surface area contributed by atoms with Crippen molar-refractivity contribution in [2.75, 3.05) is 14.2 Å². The number of carbonyl (C=O) groups excluding carboxylic acids is 1. The second-order valence-corrected chi connectivity index (χ2v) is 3.02. The highest BCUT2D eigenvalue weighted by atomic mass is 16.5. The van der Waals surface area contributed by atoms with E-state index in [1.807, 2.05) is 6.07 Å². The summed E-state index contributed by atoms with van der Waals surface area (Å²) in [6.07, 6.45) is 0. The lowest BCUT2D eigenvalue weighted by Crippen LogP contribution is -2.07. The third-order valence-electron chi connectivity index (χ3n) is 2.13. The second-order valence-electron chi connectivity index (χ2n) is 3.02. The molecule has 1 aromatic rings. The molecule has 0 spiro atoms. The largest absolute Gasteiger partial charge is 0.495 e. The van der Waals surface area contributed by atoms with Crippen LogP contribution in [0.4, 0.5) is 0 Å². The standard InChI is InChI=1S/C11H12N2O3/c1-15-10-8(5-12)3-7(11(14)16-2)4-9(10)6-13/h3-4H,5,12H2,1-2H3. The van der Waals surface area contributed by atoms with Crippen molar-refractivity contribution in [1.29, 1.82) is 5.26 Å². The summed E-state index contributed by atoms with van der Waals surface area (Å²) >= 11 is 0. The Morgan fingerprint density at radius 1 is 1.50 bits per heavy atom. The summed E-state index contributed by atoms with van der Waals surface area (Å²) in [6.45, 7) is 0.183. The Balaban J connectivity index is 3.38. The van der Waals surface area contributed by atoms with E-state index >= 15 is 0 Å². The highest BCUT2D eigenvalue weighted by Gasteiger charge is 2.14. The first-order valence-corrected chi connectivity index (χ1v) is 4.57.